The molecule has 35 heavy (non-hydrogen) atoms. The lowest BCUT2D eigenvalue weighted by molar-refractivity contribution is -0.423. The first-order chi connectivity index (χ1) is 16.3. The molecule has 5 aliphatic rings. The van der Waals surface area contributed by atoms with Crippen LogP contribution >= 0.6 is 0 Å². The molecule has 4 heterocycles. The quantitative estimate of drug-likeness (QED) is 0.603. The summed E-state index contributed by atoms with van der Waals surface area (Å²) in [5.41, 5.74) is -0.813. The van der Waals surface area contributed by atoms with Crippen molar-refractivity contribution in [1.82, 2.24) is 0 Å². The van der Waals surface area contributed by atoms with Crippen LogP contribution in [0.1, 0.15) is 67.6 Å². The highest BCUT2D eigenvalue weighted by atomic mass is 16.9. The Kier molecular flexibility index (Phi) is 4.49. The van der Waals surface area contributed by atoms with Crippen LogP contribution in [0.4, 0.5) is 0 Å². The predicted molar refractivity (Wildman–Crippen MR) is 121 cm³/mol. The summed E-state index contributed by atoms with van der Waals surface area (Å²) in [7, 11) is 2.99. The van der Waals surface area contributed by atoms with Crippen LogP contribution in [0.15, 0.2) is 0 Å². The highest BCUT2D eigenvalue weighted by molar-refractivity contribution is 5.98. The molecule has 7 atom stereocenters. The molecule has 1 spiro atoms. The van der Waals surface area contributed by atoms with Crippen LogP contribution in [0.25, 0.3) is 0 Å². The number of benzene rings is 1. The Labute approximate surface area is 204 Å². The Hall–Kier alpha value is -1.91. The molecule has 2 saturated heterocycles. The van der Waals surface area contributed by atoms with E-state index in [1.165, 1.54) is 7.11 Å². The lowest BCUT2D eigenvalue weighted by Crippen LogP contribution is -2.78. The molecule has 1 aromatic carbocycles. The normalized spacial score (nSPS) is 44.5. The molecule has 0 amide bonds. The molecule has 4 aliphatic heterocycles. The zero-order valence-electron chi connectivity index (χ0n) is 21.3. The fraction of sp³-hybridized carbons (Fsp3) is 0.731. The van der Waals surface area contributed by atoms with Crippen molar-refractivity contribution < 1.29 is 43.4 Å². The van der Waals surface area contributed by atoms with Gasteiger partial charge in [-0.25, -0.2) is 4.79 Å². The molecule has 1 aliphatic carbocycles. The summed E-state index contributed by atoms with van der Waals surface area (Å²) in [6.07, 6.45) is -0.954. The molecule has 2 bridgehead atoms. The number of aliphatic hydroxyl groups is 2. The lowest BCUT2D eigenvalue weighted by Gasteiger charge is -2.66. The van der Waals surface area contributed by atoms with Crippen LogP contribution in [0, 0.1) is 18.3 Å². The van der Waals surface area contributed by atoms with Crippen molar-refractivity contribution in [2.24, 2.45) is 11.3 Å². The third-order valence-corrected chi connectivity index (χ3v) is 9.70. The van der Waals surface area contributed by atoms with Crippen molar-refractivity contribution in [2.75, 3.05) is 14.2 Å². The second-order valence-electron chi connectivity index (χ2n) is 11.7. The molecule has 1 aromatic rings. The summed E-state index contributed by atoms with van der Waals surface area (Å²) in [6, 6.07) is 0. The van der Waals surface area contributed by atoms with Gasteiger partial charge >= 0.3 is 11.9 Å². The third kappa shape index (κ3) is 2.44. The number of esters is 1. The summed E-state index contributed by atoms with van der Waals surface area (Å²) in [6.45, 7) is 9.91. The summed E-state index contributed by atoms with van der Waals surface area (Å²) in [5.74, 6) is -1.11. The maximum Gasteiger partial charge on any atom is 0.342 e. The fourth-order valence-electron chi connectivity index (χ4n) is 8.32. The molecule has 9 heteroatoms. The number of methoxy groups -OCH3 is 2. The van der Waals surface area contributed by atoms with Gasteiger partial charge in [-0.2, -0.15) is 0 Å². The molecular formula is C26H34O9. The predicted octanol–water partition coefficient (Wildman–Crippen LogP) is 2.38. The topological polar surface area (TPSA) is 113 Å². The van der Waals surface area contributed by atoms with E-state index >= 15 is 0 Å². The first kappa shape index (κ1) is 23.5. The average Bonchev–Trinajstić information content (AvgIpc) is 3.27. The highest BCUT2D eigenvalue weighted by Gasteiger charge is 2.82. The molecule has 0 aromatic heterocycles. The first-order valence-electron chi connectivity index (χ1n) is 12.2. The fourth-order valence-corrected chi connectivity index (χ4v) is 8.32. The van der Waals surface area contributed by atoms with Gasteiger partial charge in [0.25, 0.3) is 0 Å². The lowest BCUT2D eigenvalue weighted by atomic mass is 9.45. The first-order valence-corrected chi connectivity index (χ1v) is 12.2. The van der Waals surface area contributed by atoms with Crippen LogP contribution in [0.2, 0.25) is 0 Å². The van der Waals surface area contributed by atoms with E-state index in [4.69, 9.17) is 28.4 Å². The van der Waals surface area contributed by atoms with Crippen LogP contribution in [0.5, 0.6) is 11.5 Å². The number of cyclic esters (lactones) is 1. The van der Waals surface area contributed by atoms with Crippen molar-refractivity contribution in [3.8, 4) is 11.5 Å². The number of carbonyl (C=O) groups is 1. The van der Waals surface area contributed by atoms with Gasteiger partial charge in [-0.15, -0.1) is 0 Å². The molecule has 192 valence electrons. The van der Waals surface area contributed by atoms with Crippen LogP contribution in [-0.4, -0.2) is 65.4 Å². The highest BCUT2D eigenvalue weighted by Crippen LogP contribution is 2.70. The number of hydrogen-bond donors (Lipinski definition) is 2. The Morgan fingerprint density at radius 1 is 1.00 bits per heavy atom. The maximum absolute atomic E-state index is 12.6. The van der Waals surface area contributed by atoms with E-state index in [9.17, 15) is 15.0 Å². The number of carbonyl (C=O) groups excluding carboxylic acids is 1. The van der Waals surface area contributed by atoms with E-state index in [-0.39, 0.29) is 18.9 Å². The van der Waals surface area contributed by atoms with E-state index in [1.54, 1.807) is 7.11 Å². The number of ether oxygens (including phenoxy) is 6. The molecule has 0 unspecified atom stereocenters. The van der Waals surface area contributed by atoms with Gasteiger partial charge in [0, 0.05) is 36.0 Å². The number of rotatable bonds is 2. The molecule has 1 saturated carbocycles. The second kappa shape index (κ2) is 6.69. The van der Waals surface area contributed by atoms with Crippen molar-refractivity contribution >= 4 is 5.97 Å². The van der Waals surface area contributed by atoms with E-state index in [0.717, 1.165) is 16.7 Å². The molecule has 3 fully saturated rings. The van der Waals surface area contributed by atoms with Crippen LogP contribution < -0.4 is 9.47 Å². The number of aliphatic hydroxyl groups excluding tert-OH is 2. The average molecular weight is 491 g/mol. The van der Waals surface area contributed by atoms with Gasteiger partial charge in [0.05, 0.1) is 13.2 Å². The summed E-state index contributed by atoms with van der Waals surface area (Å²) >= 11 is 0. The van der Waals surface area contributed by atoms with E-state index in [2.05, 4.69) is 0 Å². The van der Waals surface area contributed by atoms with Crippen LogP contribution in [0.3, 0.4) is 0 Å². The molecule has 2 N–H and O–H groups in total. The SMILES string of the molecule is COc1c2c(c(C)c3c1C(=O)OC3)O[C@]1(C)C[C@H](O)[C@@]34O[C@@](OC)(OC3(C)C)[C@H](O)C[C@@]4(C)[C@@H]1C2. The summed E-state index contributed by atoms with van der Waals surface area (Å²) in [5, 5.41) is 23.0. The molecule has 0 radical (unpaired) electrons. The van der Waals surface area contributed by atoms with Crippen molar-refractivity contribution in [2.45, 2.75) is 95.5 Å². The van der Waals surface area contributed by atoms with Crippen molar-refractivity contribution in [3.63, 3.8) is 0 Å². The minimum absolute atomic E-state index is 0.182. The zero-order valence-corrected chi connectivity index (χ0v) is 21.3. The Balaban J connectivity index is 1.57. The van der Waals surface area contributed by atoms with Gasteiger partial charge in [0.2, 0.25) is 0 Å². The molecular weight excluding hydrogens is 456 g/mol. The zero-order chi connectivity index (χ0) is 25.3. The minimum atomic E-state index is -1.65. The van der Waals surface area contributed by atoms with Gasteiger partial charge in [-0.05, 0) is 46.1 Å². The number of hydrogen-bond acceptors (Lipinski definition) is 9. The maximum atomic E-state index is 12.6. The van der Waals surface area contributed by atoms with Gasteiger partial charge in [0.1, 0.15) is 46.6 Å². The smallest absolute Gasteiger partial charge is 0.342 e. The van der Waals surface area contributed by atoms with Crippen molar-refractivity contribution in [1.29, 1.82) is 0 Å². The summed E-state index contributed by atoms with van der Waals surface area (Å²) < 4.78 is 36.3. The van der Waals surface area contributed by atoms with Crippen molar-refractivity contribution in [3.05, 3.63) is 22.3 Å². The van der Waals surface area contributed by atoms with E-state index in [0.29, 0.717) is 29.9 Å². The second-order valence-corrected chi connectivity index (χ2v) is 11.7. The van der Waals surface area contributed by atoms with Gasteiger partial charge < -0.3 is 38.6 Å². The Morgan fingerprint density at radius 3 is 2.37 bits per heavy atom. The summed E-state index contributed by atoms with van der Waals surface area (Å²) in [4.78, 5) is 12.6. The van der Waals surface area contributed by atoms with Gasteiger partial charge in [-0.3, -0.25) is 0 Å². The Bertz CT molecular complexity index is 1150. The minimum Gasteiger partial charge on any atom is -0.495 e. The standard InChI is InChI=1S/C26H34O9/c1-12-14-11-32-21(29)18(14)20(30-6)13-8-15-23(4)9-17(28)26(31-7)34-22(2,3)25(23,35-26)16(27)10-24(15,5)33-19(12)13/h15-17,27-28H,8-11H2,1-7H3/t15-,16-,17+,23-,24+,25+,26-/m0/s1. The van der Waals surface area contributed by atoms with Crippen LogP contribution in [-0.2, 0) is 32.0 Å². The van der Waals surface area contributed by atoms with Gasteiger partial charge in [-0.1, -0.05) is 6.92 Å². The van der Waals surface area contributed by atoms with E-state index < -0.39 is 46.4 Å². The van der Waals surface area contributed by atoms with E-state index in [1.807, 2.05) is 34.6 Å². The molecule has 9 nitrogen and oxygen atoms in total. The monoisotopic (exact) mass is 490 g/mol. The molecule has 6 rings (SSSR count). The largest absolute Gasteiger partial charge is 0.495 e. The van der Waals surface area contributed by atoms with Gasteiger partial charge in [0.15, 0.2) is 0 Å². The Morgan fingerprint density at radius 2 is 1.71 bits per heavy atom. The number of fused-ring (bicyclic) bond motifs is 5. The third-order valence-electron chi connectivity index (χ3n) is 9.70.